The fourth-order valence-corrected chi connectivity index (χ4v) is 5.38. The van der Waals surface area contributed by atoms with Crippen molar-refractivity contribution >= 4 is 39.1 Å². The number of carbonyl (C=O) groups is 1. The molecule has 1 amide bonds. The van der Waals surface area contributed by atoms with Gasteiger partial charge in [-0.3, -0.25) is 4.79 Å². The molecule has 0 unspecified atom stereocenters. The van der Waals surface area contributed by atoms with E-state index in [1.807, 2.05) is 13.0 Å². The second-order valence-electron chi connectivity index (χ2n) is 7.27. The molecule has 0 saturated carbocycles. The zero-order chi connectivity index (χ0) is 21.0. The highest BCUT2D eigenvalue weighted by Crippen LogP contribution is 2.24. The first kappa shape index (κ1) is 22.1. The number of amides is 1. The second-order valence-corrected chi connectivity index (χ2v) is 10.0. The lowest BCUT2D eigenvalue weighted by Crippen LogP contribution is -2.43. The highest BCUT2D eigenvalue weighted by atomic mass is 35.5. The van der Waals surface area contributed by atoms with Gasteiger partial charge in [0.1, 0.15) is 0 Å². The van der Waals surface area contributed by atoms with Crippen molar-refractivity contribution in [2.24, 2.45) is 5.92 Å². The predicted octanol–water partition coefficient (Wildman–Crippen LogP) is 4.06. The van der Waals surface area contributed by atoms with Crippen LogP contribution in [0.3, 0.4) is 0 Å². The molecule has 1 N–H and O–H groups in total. The molecule has 2 aromatic carbocycles. The molecule has 1 aliphatic heterocycles. The van der Waals surface area contributed by atoms with Crippen LogP contribution in [0.2, 0.25) is 10.0 Å². The van der Waals surface area contributed by atoms with Crippen molar-refractivity contribution in [3.63, 3.8) is 0 Å². The molecule has 0 aliphatic carbocycles. The Morgan fingerprint density at radius 1 is 1.10 bits per heavy atom. The fraction of sp³-hybridized carbons (Fsp3) is 0.381. The van der Waals surface area contributed by atoms with Gasteiger partial charge in [-0.05, 0) is 56.0 Å². The molecule has 156 valence electrons. The minimum atomic E-state index is -3.51. The van der Waals surface area contributed by atoms with Crippen LogP contribution in [0, 0.1) is 12.8 Å². The highest BCUT2D eigenvalue weighted by Gasteiger charge is 2.31. The number of halogens is 2. The lowest BCUT2D eigenvalue weighted by molar-refractivity contribution is -0.126. The summed E-state index contributed by atoms with van der Waals surface area (Å²) in [5, 5.41) is 4.10. The zero-order valence-electron chi connectivity index (χ0n) is 16.2. The zero-order valence-corrected chi connectivity index (χ0v) is 18.5. The third-order valence-electron chi connectivity index (χ3n) is 5.19. The van der Waals surface area contributed by atoms with E-state index in [1.165, 1.54) is 4.31 Å². The number of aryl methyl sites for hydroxylation is 1. The van der Waals surface area contributed by atoms with E-state index >= 15 is 0 Å². The van der Waals surface area contributed by atoms with Gasteiger partial charge in [0.15, 0.2) is 0 Å². The van der Waals surface area contributed by atoms with E-state index in [-0.39, 0.29) is 11.8 Å². The first-order valence-corrected chi connectivity index (χ1v) is 11.8. The van der Waals surface area contributed by atoms with Gasteiger partial charge >= 0.3 is 0 Å². The van der Waals surface area contributed by atoms with Crippen LogP contribution in [0.5, 0.6) is 0 Å². The van der Waals surface area contributed by atoms with E-state index in [0.29, 0.717) is 53.8 Å². The monoisotopic (exact) mass is 454 g/mol. The van der Waals surface area contributed by atoms with Crippen LogP contribution in [0.25, 0.3) is 0 Å². The maximum absolute atomic E-state index is 12.8. The lowest BCUT2D eigenvalue weighted by Gasteiger charge is -2.30. The lowest BCUT2D eigenvalue weighted by atomic mass is 9.97. The van der Waals surface area contributed by atoms with Crippen molar-refractivity contribution in [1.29, 1.82) is 0 Å². The molecule has 1 saturated heterocycles. The number of nitrogens with zero attached hydrogens (tertiary/aromatic N) is 1. The number of sulfonamides is 1. The van der Waals surface area contributed by atoms with E-state index in [2.05, 4.69) is 5.32 Å². The number of carbonyl (C=O) groups excluding carboxylic acids is 1. The molecule has 1 heterocycles. The van der Waals surface area contributed by atoms with Gasteiger partial charge in [0, 0.05) is 35.6 Å². The summed E-state index contributed by atoms with van der Waals surface area (Å²) in [7, 11) is -3.51. The third-order valence-corrected chi connectivity index (χ3v) is 7.69. The summed E-state index contributed by atoms with van der Waals surface area (Å²) >= 11 is 12.0. The molecule has 8 heteroatoms. The Kier molecular flexibility index (Phi) is 7.22. The predicted molar refractivity (Wildman–Crippen MR) is 116 cm³/mol. The first-order valence-electron chi connectivity index (χ1n) is 9.56. The number of benzene rings is 2. The summed E-state index contributed by atoms with van der Waals surface area (Å²) in [5.74, 6) is -0.220. The fourth-order valence-electron chi connectivity index (χ4n) is 3.41. The van der Waals surface area contributed by atoms with E-state index in [0.717, 1.165) is 11.1 Å². The Hall–Kier alpha value is -1.60. The van der Waals surface area contributed by atoms with Gasteiger partial charge in [-0.15, -0.1) is 0 Å². The minimum Gasteiger partial charge on any atom is -0.356 e. The summed E-state index contributed by atoms with van der Waals surface area (Å²) in [6.45, 7) is 3.08. The van der Waals surface area contributed by atoms with Crippen LogP contribution < -0.4 is 5.32 Å². The van der Waals surface area contributed by atoms with Gasteiger partial charge in [-0.25, -0.2) is 8.42 Å². The van der Waals surface area contributed by atoms with Crippen molar-refractivity contribution in [2.75, 3.05) is 19.6 Å². The number of piperidine rings is 1. The largest absolute Gasteiger partial charge is 0.356 e. The molecule has 0 radical (unpaired) electrons. The van der Waals surface area contributed by atoms with Crippen LogP contribution in [0.15, 0.2) is 47.4 Å². The average molecular weight is 455 g/mol. The molecule has 3 rings (SSSR count). The smallest absolute Gasteiger partial charge is 0.243 e. The summed E-state index contributed by atoms with van der Waals surface area (Å²) < 4.78 is 27.0. The average Bonchev–Trinajstić information content (AvgIpc) is 2.70. The molecule has 1 fully saturated rings. The van der Waals surface area contributed by atoms with Crippen LogP contribution in [-0.2, 0) is 21.2 Å². The van der Waals surface area contributed by atoms with Crippen LogP contribution in [-0.4, -0.2) is 38.3 Å². The Labute approximate surface area is 182 Å². The summed E-state index contributed by atoms with van der Waals surface area (Å²) in [6, 6.07) is 12.2. The quantitative estimate of drug-likeness (QED) is 0.715. The third kappa shape index (κ3) is 5.51. The molecule has 0 aromatic heterocycles. The number of rotatable bonds is 6. The summed E-state index contributed by atoms with van der Waals surface area (Å²) in [6.07, 6.45) is 1.64. The van der Waals surface area contributed by atoms with Gasteiger partial charge in [-0.1, -0.05) is 47.0 Å². The standard InChI is InChI=1S/C21H24Cl2N2O3S/c1-15-2-6-19(7-3-15)29(27,28)25-12-9-17(10-13-25)21(26)24-11-8-16-4-5-18(22)14-20(16)23/h2-7,14,17H,8-13H2,1H3,(H,24,26). The second kappa shape index (κ2) is 9.47. The van der Waals surface area contributed by atoms with E-state index in [4.69, 9.17) is 23.2 Å². The Morgan fingerprint density at radius 3 is 2.38 bits per heavy atom. The van der Waals surface area contributed by atoms with E-state index in [9.17, 15) is 13.2 Å². The molecule has 0 bridgehead atoms. The van der Waals surface area contributed by atoms with Gasteiger partial charge in [0.25, 0.3) is 0 Å². The normalized spacial score (nSPS) is 16.0. The molecule has 0 spiro atoms. The van der Waals surface area contributed by atoms with Crippen molar-refractivity contribution < 1.29 is 13.2 Å². The van der Waals surface area contributed by atoms with Crippen molar-refractivity contribution in [1.82, 2.24) is 9.62 Å². The molecule has 5 nitrogen and oxygen atoms in total. The number of nitrogens with one attached hydrogen (secondary N) is 1. The summed E-state index contributed by atoms with van der Waals surface area (Å²) in [4.78, 5) is 12.8. The molecular formula is C21H24Cl2N2O3S. The van der Waals surface area contributed by atoms with Crippen LogP contribution >= 0.6 is 23.2 Å². The SMILES string of the molecule is Cc1ccc(S(=O)(=O)N2CCC(C(=O)NCCc3ccc(Cl)cc3Cl)CC2)cc1. The van der Waals surface area contributed by atoms with E-state index in [1.54, 1.807) is 36.4 Å². The Morgan fingerprint density at radius 2 is 1.76 bits per heavy atom. The van der Waals surface area contributed by atoms with Crippen molar-refractivity contribution in [3.8, 4) is 0 Å². The minimum absolute atomic E-state index is 0.0394. The molecule has 0 atom stereocenters. The van der Waals surface area contributed by atoms with Gasteiger partial charge < -0.3 is 5.32 Å². The van der Waals surface area contributed by atoms with Gasteiger partial charge in [-0.2, -0.15) is 4.31 Å². The molecule has 29 heavy (non-hydrogen) atoms. The highest BCUT2D eigenvalue weighted by molar-refractivity contribution is 7.89. The van der Waals surface area contributed by atoms with Crippen LogP contribution in [0.4, 0.5) is 0 Å². The molecule has 2 aromatic rings. The Balaban J connectivity index is 1.49. The first-order chi connectivity index (χ1) is 13.8. The maximum atomic E-state index is 12.8. The van der Waals surface area contributed by atoms with Gasteiger partial charge in [0.05, 0.1) is 4.90 Å². The number of hydrogen-bond acceptors (Lipinski definition) is 3. The Bertz CT molecular complexity index is 970. The van der Waals surface area contributed by atoms with Crippen molar-refractivity contribution in [3.05, 3.63) is 63.6 Å². The summed E-state index contributed by atoms with van der Waals surface area (Å²) in [5.41, 5.74) is 1.94. The molecule has 1 aliphatic rings. The van der Waals surface area contributed by atoms with Gasteiger partial charge in [0.2, 0.25) is 15.9 Å². The maximum Gasteiger partial charge on any atom is 0.243 e. The van der Waals surface area contributed by atoms with E-state index < -0.39 is 10.0 Å². The van der Waals surface area contributed by atoms with Crippen LogP contribution in [0.1, 0.15) is 24.0 Å². The number of hydrogen-bond donors (Lipinski definition) is 1. The molecular weight excluding hydrogens is 431 g/mol. The topological polar surface area (TPSA) is 66.5 Å². The van der Waals surface area contributed by atoms with Crippen molar-refractivity contribution in [2.45, 2.75) is 31.1 Å².